The second kappa shape index (κ2) is 64.3. The Balaban J connectivity index is 0.846. The molecule has 0 bridgehead atoms. The molecule has 0 N–H and O–H groups in total. The number of unbranched alkanes of at least 4 members (excludes halogenated alkanes) is 14. The third kappa shape index (κ3) is 39.6. The van der Waals surface area contributed by atoms with Crippen LogP contribution in [0.1, 0.15) is 139 Å². The van der Waals surface area contributed by atoms with Gasteiger partial charge in [0.1, 0.15) is 47.2 Å². The fourth-order valence-electron chi connectivity index (χ4n) is 13.5. The third-order valence-corrected chi connectivity index (χ3v) is 20.3. The Hall–Kier alpha value is -8.44. The van der Waals surface area contributed by atoms with Crippen molar-refractivity contribution >= 4 is 43.6 Å². The van der Waals surface area contributed by atoms with Crippen molar-refractivity contribution in [1.29, 1.82) is 0 Å². The molecular formula is C102H136N2O20. The van der Waals surface area contributed by atoms with Crippen molar-refractivity contribution < 1.29 is 94.7 Å². The van der Waals surface area contributed by atoms with Crippen LogP contribution in [0.5, 0.6) is 23.0 Å². The number of methoxy groups -OCH3 is 2. The van der Waals surface area contributed by atoms with Gasteiger partial charge in [-0.2, -0.15) is 0 Å². The van der Waals surface area contributed by atoms with E-state index in [0.29, 0.717) is 236 Å². The molecule has 124 heavy (non-hydrogen) atoms. The average Bonchev–Trinajstić information content (AvgIpc) is 0.722. The topological polar surface area (TPSA) is 210 Å². The first-order valence-corrected chi connectivity index (χ1v) is 45.2. The van der Waals surface area contributed by atoms with E-state index in [1.54, 1.807) is 14.2 Å². The van der Waals surface area contributed by atoms with Crippen molar-refractivity contribution in [3.8, 4) is 68.9 Å². The molecule has 8 aromatic carbocycles. The number of hydrogen-bond acceptors (Lipinski definition) is 22. The molecule has 0 saturated carbocycles. The van der Waals surface area contributed by atoms with Crippen LogP contribution < -0.4 is 18.9 Å². The summed E-state index contributed by atoms with van der Waals surface area (Å²) >= 11 is 0. The molecule has 0 aliphatic rings. The van der Waals surface area contributed by atoms with E-state index in [-0.39, 0.29) is 0 Å². The number of nitrogens with zero attached hydrogens (tertiary/aromatic N) is 2. The van der Waals surface area contributed by atoms with E-state index in [0.717, 1.165) is 113 Å². The zero-order valence-electron chi connectivity index (χ0n) is 74.3. The smallest absolute Gasteiger partial charge is 0.119 e. The van der Waals surface area contributed by atoms with Gasteiger partial charge in [-0.15, -0.1) is 0 Å². The summed E-state index contributed by atoms with van der Waals surface area (Å²) in [6.07, 6.45) is 20.0. The van der Waals surface area contributed by atoms with Crippen molar-refractivity contribution in [2.75, 3.05) is 239 Å². The van der Waals surface area contributed by atoms with Crippen LogP contribution in [0.4, 0.5) is 0 Å². The van der Waals surface area contributed by atoms with Gasteiger partial charge in [0, 0.05) is 36.1 Å². The predicted octanol–water partition coefficient (Wildman–Crippen LogP) is 18.5. The van der Waals surface area contributed by atoms with Crippen LogP contribution >= 0.6 is 0 Å². The first-order chi connectivity index (χ1) is 61.5. The summed E-state index contributed by atoms with van der Waals surface area (Å²) in [5, 5.41) is 3.94. The van der Waals surface area contributed by atoms with Gasteiger partial charge in [0.25, 0.3) is 0 Å². The lowest BCUT2D eigenvalue weighted by molar-refractivity contribution is -0.0227. The highest BCUT2D eigenvalue weighted by Crippen LogP contribution is 2.40. The molecule has 9 rings (SSSR count). The number of rotatable bonds is 72. The molecule has 0 saturated heterocycles. The molecule has 0 spiro atoms. The van der Waals surface area contributed by atoms with Crippen LogP contribution in [0.2, 0.25) is 0 Å². The molecule has 22 heteroatoms. The summed E-state index contributed by atoms with van der Waals surface area (Å²) in [7, 11) is 3.30. The zero-order valence-corrected chi connectivity index (χ0v) is 74.3. The Labute approximate surface area is 736 Å². The maximum atomic E-state index is 6.19. The van der Waals surface area contributed by atoms with Crippen LogP contribution in [0.25, 0.3) is 65.9 Å². The van der Waals surface area contributed by atoms with E-state index in [9.17, 15) is 0 Å². The van der Waals surface area contributed by atoms with Crippen molar-refractivity contribution in [2.24, 2.45) is 0 Å². The third-order valence-electron chi connectivity index (χ3n) is 20.3. The maximum absolute atomic E-state index is 6.19. The number of ether oxygens (including phenoxy) is 20. The van der Waals surface area contributed by atoms with E-state index in [1.165, 1.54) is 89.9 Å². The van der Waals surface area contributed by atoms with Gasteiger partial charge in [0.2, 0.25) is 0 Å². The quantitative estimate of drug-likeness (QED) is 0.0150. The van der Waals surface area contributed by atoms with Crippen LogP contribution in [0.3, 0.4) is 0 Å². The Morgan fingerprint density at radius 2 is 0.435 bits per heavy atom. The predicted molar refractivity (Wildman–Crippen MR) is 490 cm³/mol. The monoisotopic (exact) mass is 1710 g/mol. The molecule has 1 aromatic heterocycles. The molecule has 0 fully saturated rings. The summed E-state index contributed by atoms with van der Waals surface area (Å²) in [6.45, 7) is 21.4. The van der Waals surface area contributed by atoms with Gasteiger partial charge < -0.3 is 94.7 Å². The van der Waals surface area contributed by atoms with Gasteiger partial charge in [0.15, 0.2) is 0 Å². The van der Waals surface area contributed by atoms with Crippen LogP contribution in [0.15, 0.2) is 146 Å². The number of hydrogen-bond donors (Lipinski definition) is 0. The first-order valence-electron chi connectivity index (χ1n) is 45.2. The number of fused-ring (bicyclic) bond motifs is 7. The average molecular weight is 1710 g/mol. The second-order valence-corrected chi connectivity index (χ2v) is 29.8. The van der Waals surface area contributed by atoms with Crippen LogP contribution in [-0.2, 0) is 75.8 Å². The zero-order chi connectivity index (χ0) is 86.3. The van der Waals surface area contributed by atoms with Gasteiger partial charge in [0.05, 0.1) is 234 Å². The molecule has 0 amide bonds. The highest BCUT2D eigenvalue weighted by atomic mass is 16.6. The van der Waals surface area contributed by atoms with E-state index >= 15 is 0 Å². The summed E-state index contributed by atoms with van der Waals surface area (Å²) < 4.78 is 113. The van der Waals surface area contributed by atoms with E-state index in [4.69, 9.17) is 105 Å². The fourth-order valence-corrected chi connectivity index (χ4v) is 13.5. The molecular weight excluding hydrogens is 1570 g/mol. The highest BCUT2D eigenvalue weighted by Gasteiger charge is 2.19. The fraction of sp³-hybridized carbons (Fsp3) is 0.529. The lowest BCUT2D eigenvalue weighted by atomic mass is 9.93. The normalized spacial score (nSPS) is 11.5. The summed E-state index contributed by atoms with van der Waals surface area (Å²) in [6, 6.07) is 49.8. The van der Waals surface area contributed by atoms with E-state index < -0.39 is 0 Å². The Bertz CT molecular complexity index is 4150. The largest absolute Gasteiger partial charge is 0.494 e. The van der Waals surface area contributed by atoms with Crippen molar-refractivity contribution in [2.45, 2.75) is 117 Å². The molecule has 0 aliphatic carbocycles. The Morgan fingerprint density at radius 3 is 0.710 bits per heavy atom. The summed E-state index contributed by atoms with van der Waals surface area (Å²) in [5.74, 6) is 17.2. The van der Waals surface area contributed by atoms with Crippen molar-refractivity contribution in [3.63, 3.8) is 0 Å². The summed E-state index contributed by atoms with van der Waals surface area (Å²) in [5.41, 5.74) is 10.2. The molecule has 0 unspecified atom stereocenters. The first kappa shape index (κ1) is 99.3. The van der Waals surface area contributed by atoms with E-state index in [2.05, 4.69) is 98.2 Å². The minimum absolute atomic E-state index is 0.384. The standard InChI is InChI=1S/C102H136N2O20/c1-5-7-9-11-13-15-17-19-47-121-91-37-23-83(24-38-91)21-27-87-29-30-88(28-22-84-25-39-92(40-26-84)122-48-20-18-16-14-12-10-8-6-2)100-99(87)103-101-95-45-35-89(85-31-41-93(42-32-85)123-79-77-119-75-73-117-71-69-115-67-65-113-63-61-111-59-57-109-55-53-107-51-49-105-3)81-97(95)98-82-90(36-46-96(98)102(101)104-100)86-33-43-94(44-34-86)124-80-78-120-76-74-118-72-70-116-68-66-114-64-62-112-60-58-110-56-54-108-52-50-106-4/h23-26,29-46,81-82H,5-20,47-80H2,1-4H3. The minimum Gasteiger partial charge on any atom is -0.494 e. The van der Waals surface area contributed by atoms with Gasteiger partial charge in [-0.05, 0) is 143 Å². The molecule has 674 valence electrons. The molecule has 9 aromatic rings. The molecule has 22 nitrogen and oxygen atoms in total. The molecule has 0 atom stereocenters. The van der Waals surface area contributed by atoms with Gasteiger partial charge >= 0.3 is 0 Å². The summed E-state index contributed by atoms with van der Waals surface area (Å²) in [4.78, 5) is 11.3. The van der Waals surface area contributed by atoms with E-state index in [1.807, 2.05) is 84.9 Å². The molecule has 0 radical (unpaired) electrons. The van der Waals surface area contributed by atoms with Crippen LogP contribution in [-0.4, -0.2) is 249 Å². The van der Waals surface area contributed by atoms with Gasteiger partial charge in [-0.3, -0.25) is 0 Å². The van der Waals surface area contributed by atoms with Crippen molar-refractivity contribution in [3.05, 3.63) is 168 Å². The highest BCUT2D eigenvalue weighted by molar-refractivity contribution is 6.25. The van der Waals surface area contributed by atoms with Gasteiger partial charge in [-0.25, -0.2) is 9.97 Å². The Morgan fingerprint density at radius 1 is 0.202 bits per heavy atom. The van der Waals surface area contributed by atoms with Gasteiger partial charge in [-0.1, -0.05) is 176 Å². The SMILES string of the molecule is CCCCCCCCCCOc1ccc(C#Cc2ccc(C#Cc3ccc(OCCCCCCCCCC)cc3)c3nc4c5ccc(-c6ccc(OCCOCCOCCOCCOCCOCCOCCOCCOC)cc6)cc5c5cc(-c6ccc(OCCOCCOCCOCCOCCOCCOCCOCCOC)cc6)ccc5c4nc23)cc1. The molecule has 0 aliphatic heterocycles. The van der Waals surface area contributed by atoms with Crippen LogP contribution in [0, 0.1) is 23.7 Å². The number of benzene rings is 8. The minimum atomic E-state index is 0.384. The lowest BCUT2D eigenvalue weighted by Gasteiger charge is -2.14. The Kier molecular flexibility index (Phi) is 51.5. The second-order valence-electron chi connectivity index (χ2n) is 29.8. The molecule has 1 heterocycles. The maximum Gasteiger partial charge on any atom is 0.119 e. The number of aromatic nitrogens is 2. The lowest BCUT2D eigenvalue weighted by Crippen LogP contribution is -2.15. The van der Waals surface area contributed by atoms with Crippen molar-refractivity contribution in [1.82, 2.24) is 9.97 Å².